The number of aliphatic carboxylic acids is 1. The van der Waals surface area contributed by atoms with E-state index < -0.39 is 24.4 Å². The molecule has 0 bridgehead atoms. The van der Waals surface area contributed by atoms with Gasteiger partial charge in [0.1, 0.15) is 17.6 Å². The van der Waals surface area contributed by atoms with Crippen LogP contribution in [0.15, 0.2) is 71.3 Å². The van der Waals surface area contributed by atoms with Gasteiger partial charge in [-0.2, -0.15) is 0 Å². The van der Waals surface area contributed by atoms with Crippen molar-refractivity contribution in [1.29, 1.82) is 0 Å². The molecule has 0 unspecified atom stereocenters. The Bertz CT molecular complexity index is 1190. The van der Waals surface area contributed by atoms with Gasteiger partial charge in [0, 0.05) is 48.9 Å². The van der Waals surface area contributed by atoms with Gasteiger partial charge in [0.05, 0.1) is 15.4 Å². The number of carboxylic acid groups (broad SMARTS) is 1. The van der Waals surface area contributed by atoms with Gasteiger partial charge in [-0.1, -0.05) is 30.3 Å². The van der Waals surface area contributed by atoms with Crippen molar-refractivity contribution in [3.63, 3.8) is 0 Å². The molecule has 0 atom stereocenters. The predicted molar refractivity (Wildman–Crippen MR) is 129 cm³/mol. The first-order chi connectivity index (χ1) is 17.2. The molecule has 4 rings (SSSR count). The number of carbonyl (C=O) groups excluding carboxylic acids is 1. The maximum atomic E-state index is 13.5. The van der Waals surface area contributed by atoms with Crippen molar-refractivity contribution in [2.24, 2.45) is 0 Å². The molecule has 1 saturated heterocycles. The van der Waals surface area contributed by atoms with Crippen LogP contribution in [0.2, 0.25) is 0 Å². The second-order valence-electron chi connectivity index (χ2n) is 8.57. The number of likely N-dealkylation sites (tertiary alicyclic amines) is 1. The summed E-state index contributed by atoms with van der Waals surface area (Å²) in [6.45, 7) is 3.00. The maximum Gasteiger partial charge on any atom is 0.304 e. The first-order valence-electron chi connectivity index (χ1n) is 12.3. The minimum Gasteiger partial charge on any atom is -0.487 e. The molecule has 0 saturated carbocycles. The second-order valence-corrected chi connectivity index (χ2v) is 8.57. The molecular weight excluding hydrogens is 432 g/mol. The van der Waals surface area contributed by atoms with Gasteiger partial charge in [0.25, 0.3) is 5.91 Å². The summed E-state index contributed by atoms with van der Waals surface area (Å²) in [5.74, 6) is -0.211. The Balaban J connectivity index is 1.52. The summed E-state index contributed by atoms with van der Waals surface area (Å²) in [4.78, 5) is 27.5. The van der Waals surface area contributed by atoms with E-state index in [1.54, 1.807) is 74.7 Å². The van der Waals surface area contributed by atoms with Crippen LogP contribution in [0.4, 0.5) is 0 Å². The van der Waals surface area contributed by atoms with Crippen molar-refractivity contribution in [2.75, 3.05) is 19.6 Å². The van der Waals surface area contributed by atoms with Gasteiger partial charge >= 0.3 is 5.97 Å². The Morgan fingerprint density at radius 1 is 1.15 bits per heavy atom. The van der Waals surface area contributed by atoms with E-state index in [2.05, 4.69) is 0 Å². The first-order valence-corrected chi connectivity index (χ1v) is 11.3. The molecular formula is C27H30N2O5. The third-order valence-electron chi connectivity index (χ3n) is 5.66. The Morgan fingerprint density at radius 3 is 2.53 bits per heavy atom. The standard InChI is InChI=1S/C27H30N2O5/c1-19(2)29(27(32)21-11-9-20(10-12-21)24-8-5-15-33-24)16-22-6-3-4-7-25(22)34-23-17-28(18-23)14-13-26(30)31/h3-12,15,19,23H,13-14,16-18H2,1-2H3,(H,30,31)/i16D2. The van der Waals surface area contributed by atoms with Gasteiger partial charge in [0.2, 0.25) is 0 Å². The van der Waals surface area contributed by atoms with E-state index in [1.165, 1.54) is 4.90 Å². The highest BCUT2D eigenvalue weighted by atomic mass is 16.5. The van der Waals surface area contributed by atoms with Gasteiger partial charge in [-0.25, -0.2) is 0 Å². The molecule has 1 N–H and O–H groups in total. The van der Waals surface area contributed by atoms with Crippen LogP contribution in [0.5, 0.6) is 5.75 Å². The van der Waals surface area contributed by atoms with Crippen LogP contribution in [0, 0.1) is 0 Å². The van der Waals surface area contributed by atoms with Crippen molar-refractivity contribution in [1.82, 2.24) is 9.80 Å². The summed E-state index contributed by atoms with van der Waals surface area (Å²) in [6, 6.07) is 16.9. The van der Waals surface area contributed by atoms with E-state index in [9.17, 15) is 9.59 Å². The zero-order valence-electron chi connectivity index (χ0n) is 21.3. The Morgan fingerprint density at radius 2 is 1.88 bits per heavy atom. The van der Waals surface area contributed by atoms with Crippen molar-refractivity contribution in [3.05, 3.63) is 78.1 Å². The summed E-state index contributed by atoms with van der Waals surface area (Å²) in [5, 5.41) is 8.85. The van der Waals surface area contributed by atoms with Crippen LogP contribution >= 0.6 is 0 Å². The van der Waals surface area contributed by atoms with E-state index in [0.29, 0.717) is 36.7 Å². The topological polar surface area (TPSA) is 83.2 Å². The number of carboxylic acids is 1. The highest BCUT2D eigenvalue weighted by Gasteiger charge is 2.29. The summed E-state index contributed by atoms with van der Waals surface area (Å²) < 4.78 is 29.5. The van der Waals surface area contributed by atoms with Crippen LogP contribution in [0.25, 0.3) is 11.3 Å². The lowest BCUT2D eigenvalue weighted by Gasteiger charge is -2.39. The third-order valence-corrected chi connectivity index (χ3v) is 5.66. The Kier molecular flexibility index (Phi) is 6.52. The Labute approximate surface area is 202 Å². The van der Waals surface area contributed by atoms with E-state index >= 15 is 0 Å². The van der Waals surface area contributed by atoms with Gasteiger partial charge in [0.15, 0.2) is 0 Å². The first kappa shape index (κ1) is 21.0. The lowest BCUT2D eigenvalue weighted by atomic mass is 10.1. The minimum atomic E-state index is -2.14. The number of para-hydroxylation sites is 1. The maximum absolute atomic E-state index is 13.5. The van der Waals surface area contributed by atoms with Crippen molar-refractivity contribution >= 4 is 11.9 Å². The molecule has 7 heteroatoms. The fourth-order valence-corrected chi connectivity index (χ4v) is 3.78. The van der Waals surface area contributed by atoms with Gasteiger partial charge in [-0.3, -0.25) is 14.5 Å². The van der Waals surface area contributed by atoms with Crippen LogP contribution in [0.3, 0.4) is 0 Å². The van der Waals surface area contributed by atoms with Crippen molar-refractivity contribution < 1.29 is 26.6 Å². The van der Waals surface area contributed by atoms with Crippen molar-refractivity contribution in [3.8, 4) is 17.1 Å². The molecule has 1 fully saturated rings. The molecule has 1 aromatic heterocycles. The average Bonchev–Trinajstić information content (AvgIpc) is 3.35. The minimum absolute atomic E-state index is 0.0693. The summed E-state index contributed by atoms with van der Waals surface area (Å²) >= 11 is 0. The molecule has 3 aromatic rings. The molecule has 178 valence electrons. The fraction of sp³-hybridized carbons (Fsp3) is 0.333. The van der Waals surface area contributed by atoms with E-state index in [4.69, 9.17) is 17.0 Å². The monoisotopic (exact) mass is 464 g/mol. The molecule has 0 radical (unpaired) electrons. The number of furan rings is 1. The molecule has 2 heterocycles. The number of benzene rings is 2. The Hall–Kier alpha value is -3.58. The summed E-state index contributed by atoms with van der Waals surface area (Å²) in [5.41, 5.74) is 1.46. The molecule has 34 heavy (non-hydrogen) atoms. The van der Waals surface area contributed by atoms with E-state index in [1.807, 2.05) is 11.0 Å². The van der Waals surface area contributed by atoms with E-state index in [-0.39, 0.29) is 18.1 Å². The summed E-state index contributed by atoms with van der Waals surface area (Å²) in [7, 11) is 0. The molecule has 1 amide bonds. The molecule has 1 aliphatic heterocycles. The SMILES string of the molecule is [2H]C([2H])(c1ccccc1OC1CN(CCC(=O)O)C1)N(C(=O)c1ccc(-c2ccco2)cc1)C(C)C. The van der Waals surface area contributed by atoms with Crippen LogP contribution in [0.1, 0.15) is 38.9 Å². The lowest BCUT2D eigenvalue weighted by molar-refractivity contribution is -0.138. The summed E-state index contributed by atoms with van der Waals surface area (Å²) in [6.07, 6.45) is 1.48. The number of nitrogens with zero attached hydrogens (tertiary/aromatic N) is 2. The van der Waals surface area contributed by atoms with Crippen LogP contribution in [-0.4, -0.2) is 58.6 Å². The van der Waals surface area contributed by atoms with E-state index in [0.717, 1.165) is 5.56 Å². The number of amides is 1. The molecule has 1 aliphatic rings. The number of rotatable bonds is 10. The fourth-order valence-electron chi connectivity index (χ4n) is 3.78. The lowest BCUT2D eigenvalue weighted by Crippen LogP contribution is -2.54. The number of carbonyl (C=O) groups is 2. The quantitative estimate of drug-likeness (QED) is 0.475. The normalized spacial score (nSPS) is 15.4. The zero-order chi connectivity index (χ0) is 25.9. The third kappa shape index (κ3) is 5.66. The van der Waals surface area contributed by atoms with Gasteiger partial charge < -0.3 is 19.2 Å². The number of hydrogen-bond donors (Lipinski definition) is 1. The van der Waals surface area contributed by atoms with Gasteiger partial charge in [-0.15, -0.1) is 0 Å². The average molecular weight is 465 g/mol. The zero-order valence-corrected chi connectivity index (χ0v) is 19.3. The smallest absolute Gasteiger partial charge is 0.304 e. The second kappa shape index (κ2) is 10.6. The number of hydrogen-bond acceptors (Lipinski definition) is 5. The molecule has 0 aliphatic carbocycles. The highest BCUT2D eigenvalue weighted by molar-refractivity contribution is 5.94. The largest absolute Gasteiger partial charge is 0.487 e. The number of ether oxygens (including phenoxy) is 1. The predicted octanol–water partition coefficient (Wildman–Crippen LogP) is 4.54. The molecule has 2 aromatic carbocycles. The molecule has 0 spiro atoms. The van der Waals surface area contributed by atoms with Gasteiger partial charge in [-0.05, 0) is 44.2 Å². The van der Waals surface area contributed by atoms with Crippen LogP contribution in [-0.2, 0) is 11.3 Å². The van der Waals surface area contributed by atoms with Crippen molar-refractivity contribution in [2.45, 2.75) is 38.9 Å². The van der Waals surface area contributed by atoms with Crippen LogP contribution < -0.4 is 4.74 Å². The molecule has 7 nitrogen and oxygen atoms in total. The highest BCUT2D eigenvalue weighted by Crippen LogP contribution is 2.26.